The molecule has 0 saturated heterocycles. The van der Waals surface area contributed by atoms with Crippen LogP contribution < -0.4 is 16.0 Å². The standard InChI is InChI=1S/C17H14ClN5OS/c1-9-13(18)4-3-5-14(9)22-16(24)10(2)25-17-12(8-20)6-11(7-19)15(21)23-17/h3-6,10H,1-2H3,(H2,21,23)(H,22,24)/p+1/t10-/m0/s1. The number of amides is 1. The van der Waals surface area contributed by atoms with Crippen molar-refractivity contribution in [3.8, 4) is 12.1 Å². The Kier molecular flexibility index (Phi) is 5.87. The molecule has 0 spiro atoms. The van der Waals surface area contributed by atoms with Crippen LogP contribution in [-0.4, -0.2) is 11.2 Å². The Balaban J connectivity index is 2.19. The third-order valence-electron chi connectivity index (χ3n) is 3.50. The van der Waals surface area contributed by atoms with E-state index >= 15 is 0 Å². The molecule has 6 nitrogen and oxygen atoms in total. The van der Waals surface area contributed by atoms with Crippen LogP contribution in [-0.2, 0) is 4.79 Å². The van der Waals surface area contributed by atoms with E-state index in [4.69, 9.17) is 22.6 Å². The van der Waals surface area contributed by atoms with Gasteiger partial charge in [0.1, 0.15) is 23.3 Å². The number of nitrogens with zero attached hydrogens (tertiary/aromatic N) is 2. The maximum absolute atomic E-state index is 12.4. The summed E-state index contributed by atoms with van der Waals surface area (Å²) in [5, 5.41) is 21.5. The van der Waals surface area contributed by atoms with Gasteiger partial charge in [-0.25, -0.2) is 4.98 Å². The third-order valence-corrected chi connectivity index (χ3v) is 5.04. The first-order chi connectivity index (χ1) is 11.9. The maximum atomic E-state index is 12.4. The zero-order valence-corrected chi connectivity index (χ0v) is 15.1. The number of halogens is 1. The number of aromatic nitrogens is 1. The molecule has 0 bridgehead atoms. The van der Waals surface area contributed by atoms with Gasteiger partial charge in [0.05, 0.1) is 5.25 Å². The monoisotopic (exact) mass is 372 g/mol. The predicted octanol–water partition coefficient (Wildman–Crippen LogP) is 2.91. The van der Waals surface area contributed by atoms with Crippen LogP contribution in [0.4, 0.5) is 11.5 Å². The number of hydrogen-bond acceptors (Lipinski definition) is 5. The SMILES string of the molecule is Cc1c(Cl)cccc1NC(=O)[C@H](C)Sc1[nH+]c(N)c(C#N)cc1C#N. The minimum absolute atomic E-state index is 0.155. The average Bonchev–Trinajstić information content (AvgIpc) is 2.59. The van der Waals surface area contributed by atoms with Gasteiger partial charge in [0.15, 0.2) is 5.03 Å². The number of hydrogen-bond donors (Lipinski definition) is 2. The van der Waals surface area contributed by atoms with Gasteiger partial charge in [-0.3, -0.25) is 10.5 Å². The Morgan fingerprint density at radius 2 is 2.04 bits per heavy atom. The van der Waals surface area contributed by atoms with E-state index < -0.39 is 5.25 Å². The smallest absolute Gasteiger partial charge is 0.289 e. The fourth-order valence-electron chi connectivity index (χ4n) is 2.02. The Morgan fingerprint density at radius 3 is 2.68 bits per heavy atom. The van der Waals surface area contributed by atoms with Crippen molar-refractivity contribution in [2.45, 2.75) is 24.1 Å². The van der Waals surface area contributed by atoms with Gasteiger partial charge < -0.3 is 5.32 Å². The number of nitrogens with one attached hydrogen (secondary N) is 2. The lowest BCUT2D eigenvalue weighted by atomic mass is 10.2. The van der Waals surface area contributed by atoms with Gasteiger partial charge in [-0.2, -0.15) is 10.5 Å². The first kappa shape index (κ1) is 18.6. The first-order valence-corrected chi connectivity index (χ1v) is 8.51. The zero-order valence-electron chi connectivity index (χ0n) is 13.6. The molecule has 2 rings (SSSR count). The topological polar surface area (TPSA) is 117 Å². The Bertz CT molecular complexity index is 916. The van der Waals surface area contributed by atoms with Gasteiger partial charge in [0.25, 0.3) is 5.82 Å². The van der Waals surface area contributed by atoms with E-state index in [1.54, 1.807) is 25.1 Å². The number of H-pyrrole nitrogens is 1. The number of anilines is 2. The van der Waals surface area contributed by atoms with Crippen molar-refractivity contribution in [1.82, 2.24) is 0 Å². The van der Waals surface area contributed by atoms with Crippen molar-refractivity contribution in [2.24, 2.45) is 0 Å². The van der Waals surface area contributed by atoms with Crippen molar-refractivity contribution in [2.75, 3.05) is 11.1 Å². The van der Waals surface area contributed by atoms with Crippen LogP contribution in [0.25, 0.3) is 0 Å². The molecular formula is C17H15ClN5OS+. The molecule has 0 aliphatic heterocycles. The van der Waals surface area contributed by atoms with Gasteiger partial charge >= 0.3 is 0 Å². The number of nitrogen functional groups attached to an aromatic ring is 1. The minimum Gasteiger partial charge on any atom is -0.325 e. The largest absolute Gasteiger partial charge is 0.325 e. The summed E-state index contributed by atoms with van der Waals surface area (Å²) in [7, 11) is 0. The molecule has 2 aromatic rings. The molecule has 0 unspecified atom stereocenters. The Morgan fingerprint density at radius 1 is 1.36 bits per heavy atom. The van der Waals surface area contributed by atoms with Crippen LogP contribution in [0.15, 0.2) is 29.3 Å². The molecule has 1 aromatic heterocycles. The van der Waals surface area contributed by atoms with Crippen LogP contribution in [0.2, 0.25) is 5.02 Å². The minimum atomic E-state index is -0.505. The molecule has 8 heteroatoms. The molecule has 0 aliphatic carbocycles. The normalized spacial score (nSPS) is 11.2. The highest BCUT2D eigenvalue weighted by atomic mass is 35.5. The molecule has 0 saturated carbocycles. The quantitative estimate of drug-likeness (QED) is 0.800. The van der Waals surface area contributed by atoms with Crippen molar-refractivity contribution < 1.29 is 9.78 Å². The summed E-state index contributed by atoms with van der Waals surface area (Å²) in [4.78, 5) is 15.2. The van der Waals surface area contributed by atoms with E-state index in [0.29, 0.717) is 15.7 Å². The summed E-state index contributed by atoms with van der Waals surface area (Å²) in [6.45, 7) is 3.53. The Labute approximate surface area is 154 Å². The summed E-state index contributed by atoms with van der Waals surface area (Å²) >= 11 is 7.21. The highest BCUT2D eigenvalue weighted by Gasteiger charge is 2.22. The summed E-state index contributed by atoms with van der Waals surface area (Å²) in [5.74, 6) is -0.0853. The molecular weight excluding hydrogens is 358 g/mol. The van der Waals surface area contributed by atoms with E-state index in [1.165, 1.54) is 6.07 Å². The second kappa shape index (κ2) is 7.89. The van der Waals surface area contributed by atoms with Crippen LogP contribution in [0, 0.1) is 29.6 Å². The van der Waals surface area contributed by atoms with E-state index in [-0.39, 0.29) is 22.9 Å². The lowest BCUT2D eigenvalue weighted by Gasteiger charge is -2.13. The van der Waals surface area contributed by atoms with Crippen molar-refractivity contribution in [3.63, 3.8) is 0 Å². The molecule has 0 aliphatic rings. The summed E-state index contributed by atoms with van der Waals surface area (Å²) in [5.41, 5.74) is 7.61. The van der Waals surface area contributed by atoms with Gasteiger partial charge in [0, 0.05) is 10.7 Å². The molecule has 1 aromatic carbocycles. The molecule has 4 N–H and O–H groups in total. The molecule has 1 amide bonds. The van der Waals surface area contributed by atoms with Crippen molar-refractivity contribution in [1.29, 1.82) is 10.5 Å². The highest BCUT2D eigenvalue weighted by molar-refractivity contribution is 8.00. The zero-order chi connectivity index (χ0) is 18.6. The summed E-state index contributed by atoms with van der Waals surface area (Å²) < 4.78 is 0. The molecule has 0 fully saturated rings. The van der Waals surface area contributed by atoms with E-state index in [2.05, 4.69) is 10.3 Å². The summed E-state index contributed by atoms with van der Waals surface area (Å²) in [6.07, 6.45) is 0. The van der Waals surface area contributed by atoms with Gasteiger partial charge in [-0.05, 0) is 37.6 Å². The average molecular weight is 373 g/mol. The third kappa shape index (κ3) is 4.21. The van der Waals surface area contributed by atoms with E-state index in [1.807, 2.05) is 19.1 Å². The Hall–Kier alpha value is -2.74. The molecule has 1 atom stereocenters. The van der Waals surface area contributed by atoms with Crippen LogP contribution in [0.3, 0.4) is 0 Å². The number of carbonyl (C=O) groups excluding carboxylic acids is 1. The first-order valence-electron chi connectivity index (χ1n) is 7.26. The fraction of sp³-hybridized carbons (Fsp3) is 0.176. The number of aromatic amines is 1. The van der Waals surface area contributed by atoms with E-state index in [0.717, 1.165) is 17.3 Å². The lowest BCUT2D eigenvalue weighted by molar-refractivity contribution is -0.410. The molecule has 25 heavy (non-hydrogen) atoms. The second-order valence-electron chi connectivity index (χ2n) is 5.22. The maximum Gasteiger partial charge on any atom is 0.289 e. The molecule has 1 heterocycles. The summed E-state index contributed by atoms with van der Waals surface area (Å²) in [6, 6.07) is 10.6. The number of pyridine rings is 1. The number of rotatable bonds is 4. The number of nitrogens with two attached hydrogens (primary N) is 1. The van der Waals surface area contributed by atoms with Crippen molar-refractivity contribution in [3.05, 3.63) is 46.0 Å². The van der Waals surface area contributed by atoms with Gasteiger partial charge in [-0.15, -0.1) is 0 Å². The fourth-order valence-corrected chi connectivity index (χ4v) is 3.12. The number of thioether (sulfide) groups is 1. The van der Waals surface area contributed by atoms with Gasteiger partial charge in [0.2, 0.25) is 5.91 Å². The van der Waals surface area contributed by atoms with Crippen LogP contribution >= 0.6 is 23.4 Å². The molecule has 0 radical (unpaired) electrons. The second-order valence-corrected chi connectivity index (χ2v) is 6.98. The molecule has 126 valence electrons. The number of benzene rings is 1. The number of nitriles is 2. The van der Waals surface area contributed by atoms with E-state index in [9.17, 15) is 10.1 Å². The number of carbonyl (C=O) groups is 1. The van der Waals surface area contributed by atoms with Crippen molar-refractivity contribution >= 4 is 40.8 Å². The van der Waals surface area contributed by atoms with Crippen LogP contribution in [0.1, 0.15) is 23.6 Å². The lowest BCUT2D eigenvalue weighted by Crippen LogP contribution is -2.25. The van der Waals surface area contributed by atoms with Crippen LogP contribution in [0.5, 0.6) is 0 Å². The predicted molar refractivity (Wildman–Crippen MR) is 97.0 cm³/mol. The highest BCUT2D eigenvalue weighted by Crippen LogP contribution is 2.27. The van der Waals surface area contributed by atoms with Gasteiger partial charge in [-0.1, -0.05) is 29.4 Å².